The van der Waals surface area contributed by atoms with Crippen LogP contribution in [0.2, 0.25) is 0 Å². The lowest BCUT2D eigenvalue weighted by Gasteiger charge is -2.14. The summed E-state index contributed by atoms with van der Waals surface area (Å²) in [7, 11) is 1.42. The van der Waals surface area contributed by atoms with Gasteiger partial charge in [0.15, 0.2) is 0 Å². The Balaban J connectivity index is 2.92. The molecule has 5 heteroatoms. The Kier molecular flexibility index (Phi) is 3.71. The molecule has 84 valence electrons. The molecule has 1 aromatic carbocycles. The van der Waals surface area contributed by atoms with Gasteiger partial charge >= 0.3 is 6.18 Å². The highest BCUT2D eigenvalue weighted by Crippen LogP contribution is 2.30. The molecule has 0 bridgehead atoms. The van der Waals surface area contributed by atoms with E-state index in [4.69, 9.17) is 0 Å². The van der Waals surface area contributed by atoms with Crippen molar-refractivity contribution in [2.24, 2.45) is 0 Å². The fourth-order valence-corrected chi connectivity index (χ4v) is 1.23. The summed E-state index contributed by atoms with van der Waals surface area (Å²) in [6.45, 7) is 1.72. The first kappa shape index (κ1) is 12.0. The molecule has 0 radical (unpaired) electrons. The average molecular weight is 219 g/mol. The first-order valence-electron chi connectivity index (χ1n) is 4.41. The summed E-state index contributed by atoms with van der Waals surface area (Å²) in [6.07, 6.45) is -4.30. The molecule has 15 heavy (non-hydrogen) atoms. The second-order valence-electron chi connectivity index (χ2n) is 3.17. The van der Waals surface area contributed by atoms with Crippen LogP contribution in [0.5, 0.6) is 0 Å². The van der Waals surface area contributed by atoms with Crippen molar-refractivity contribution in [3.8, 4) is 0 Å². The van der Waals surface area contributed by atoms with E-state index in [2.05, 4.69) is 10.3 Å². The number of hydroxylamine groups is 1. The normalized spacial score (nSPS) is 13.9. The summed E-state index contributed by atoms with van der Waals surface area (Å²) in [5, 5.41) is 0. The van der Waals surface area contributed by atoms with Crippen molar-refractivity contribution in [1.29, 1.82) is 0 Å². The van der Waals surface area contributed by atoms with Crippen molar-refractivity contribution < 1.29 is 18.0 Å². The van der Waals surface area contributed by atoms with E-state index >= 15 is 0 Å². The molecule has 2 nitrogen and oxygen atoms in total. The molecular formula is C10H12F3NO. The van der Waals surface area contributed by atoms with Crippen molar-refractivity contribution in [3.63, 3.8) is 0 Å². The summed E-state index contributed by atoms with van der Waals surface area (Å²) >= 11 is 0. The van der Waals surface area contributed by atoms with Gasteiger partial charge in [-0.3, -0.25) is 0 Å². The first-order chi connectivity index (χ1) is 6.95. The number of benzene rings is 1. The highest BCUT2D eigenvalue weighted by molar-refractivity contribution is 5.27. The third-order valence-electron chi connectivity index (χ3n) is 2.01. The van der Waals surface area contributed by atoms with Gasteiger partial charge in [0.2, 0.25) is 0 Å². The minimum absolute atomic E-state index is 0.280. The van der Waals surface area contributed by atoms with E-state index in [0.717, 1.165) is 12.1 Å². The molecule has 0 saturated heterocycles. The molecule has 1 N–H and O–H groups in total. The molecule has 1 rings (SSSR count). The monoisotopic (exact) mass is 219 g/mol. The van der Waals surface area contributed by atoms with Crippen molar-refractivity contribution in [3.05, 3.63) is 35.4 Å². The van der Waals surface area contributed by atoms with Gasteiger partial charge in [-0.1, -0.05) is 12.1 Å². The molecule has 0 aliphatic carbocycles. The Morgan fingerprint density at radius 1 is 1.33 bits per heavy atom. The number of hydrogen-bond acceptors (Lipinski definition) is 2. The first-order valence-corrected chi connectivity index (χ1v) is 4.41. The molecule has 1 aromatic rings. The smallest absolute Gasteiger partial charge is 0.305 e. The average Bonchev–Trinajstić information content (AvgIpc) is 2.17. The van der Waals surface area contributed by atoms with E-state index < -0.39 is 11.7 Å². The third kappa shape index (κ3) is 3.21. The number of hydrogen-bond donors (Lipinski definition) is 1. The summed E-state index contributed by atoms with van der Waals surface area (Å²) < 4.78 is 37.1. The zero-order valence-corrected chi connectivity index (χ0v) is 8.43. The second kappa shape index (κ2) is 4.63. The third-order valence-corrected chi connectivity index (χ3v) is 2.01. The maximum atomic E-state index is 12.4. The van der Waals surface area contributed by atoms with Crippen LogP contribution in [-0.2, 0) is 11.0 Å². The van der Waals surface area contributed by atoms with Gasteiger partial charge in [0, 0.05) is 0 Å². The molecular weight excluding hydrogens is 207 g/mol. The van der Waals surface area contributed by atoms with Crippen LogP contribution in [-0.4, -0.2) is 7.11 Å². The van der Waals surface area contributed by atoms with Crippen LogP contribution in [0.1, 0.15) is 24.1 Å². The largest absolute Gasteiger partial charge is 0.416 e. The highest BCUT2D eigenvalue weighted by Gasteiger charge is 2.30. The molecule has 0 heterocycles. The Labute approximate surface area is 86.0 Å². The minimum Gasteiger partial charge on any atom is -0.305 e. The molecule has 0 aliphatic rings. The number of nitrogens with one attached hydrogen (secondary N) is 1. The molecule has 0 spiro atoms. The number of alkyl halides is 3. The molecule has 1 atom stereocenters. The van der Waals surface area contributed by atoms with E-state index in [1.807, 2.05) is 0 Å². The van der Waals surface area contributed by atoms with Gasteiger partial charge in [0.25, 0.3) is 0 Å². The lowest BCUT2D eigenvalue weighted by atomic mass is 10.1. The predicted molar refractivity (Wildman–Crippen MR) is 50.0 cm³/mol. The topological polar surface area (TPSA) is 21.3 Å². The Hall–Kier alpha value is -1.07. The summed E-state index contributed by atoms with van der Waals surface area (Å²) in [5.74, 6) is 0. The van der Waals surface area contributed by atoms with Crippen LogP contribution < -0.4 is 5.48 Å². The molecule has 0 aromatic heterocycles. The van der Waals surface area contributed by atoms with Crippen molar-refractivity contribution >= 4 is 0 Å². The summed E-state index contributed by atoms with van der Waals surface area (Å²) in [5.41, 5.74) is 2.46. The van der Waals surface area contributed by atoms with Crippen LogP contribution in [0, 0.1) is 0 Å². The zero-order valence-electron chi connectivity index (χ0n) is 8.43. The molecule has 0 fully saturated rings. The summed E-state index contributed by atoms with van der Waals surface area (Å²) in [4.78, 5) is 4.65. The van der Waals surface area contributed by atoms with Gasteiger partial charge in [-0.25, -0.2) is 0 Å². The van der Waals surface area contributed by atoms with Gasteiger partial charge in [-0.05, 0) is 24.6 Å². The second-order valence-corrected chi connectivity index (χ2v) is 3.17. The van der Waals surface area contributed by atoms with E-state index in [1.165, 1.54) is 13.2 Å². The van der Waals surface area contributed by atoms with E-state index in [1.54, 1.807) is 13.0 Å². The lowest BCUT2D eigenvalue weighted by Crippen LogP contribution is -2.17. The predicted octanol–water partition coefficient (Wildman–Crippen LogP) is 2.92. The van der Waals surface area contributed by atoms with Gasteiger partial charge in [0.05, 0.1) is 18.7 Å². The van der Waals surface area contributed by atoms with Crippen molar-refractivity contribution in [2.75, 3.05) is 7.11 Å². The molecule has 0 saturated carbocycles. The fraction of sp³-hybridized carbons (Fsp3) is 0.400. The minimum atomic E-state index is -4.30. The van der Waals surface area contributed by atoms with E-state index in [9.17, 15) is 13.2 Å². The van der Waals surface area contributed by atoms with Crippen LogP contribution in [0.4, 0.5) is 13.2 Å². The Morgan fingerprint density at radius 3 is 2.53 bits per heavy atom. The molecule has 0 unspecified atom stereocenters. The van der Waals surface area contributed by atoms with Crippen LogP contribution >= 0.6 is 0 Å². The van der Waals surface area contributed by atoms with Crippen molar-refractivity contribution in [2.45, 2.75) is 19.1 Å². The van der Waals surface area contributed by atoms with Gasteiger partial charge in [-0.2, -0.15) is 18.7 Å². The van der Waals surface area contributed by atoms with E-state index in [-0.39, 0.29) is 6.04 Å². The van der Waals surface area contributed by atoms with E-state index in [0.29, 0.717) is 5.56 Å². The Morgan fingerprint density at radius 2 is 2.00 bits per heavy atom. The Bertz CT molecular complexity index is 325. The SMILES string of the molecule is CON[C@H](C)c1cccc(C(F)(F)F)c1. The van der Waals surface area contributed by atoms with Gasteiger partial charge in [-0.15, -0.1) is 0 Å². The molecule has 0 amide bonds. The van der Waals surface area contributed by atoms with Gasteiger partial charge in [0.1, 0.15) is 0 Å². The zero-order chi connectivity index (χ0) is 11.5. The standard InChI is InChI=1S/C10H12F3NO/c1-7(14-15-2)8-4-3-5-9(6-8)10(11,12)13/h3-7,14H,1-2H3/t7-/m1/s1. The highest BCUT2D eigenvalue weighted by atomic mass is 19.4. The maximum absolute atomic E-state index is 12.4. The van der Waals surface area contributed by atoms with Gasteiger partial charge < -0.3 is 4.84 Å². The quantitative estimate of drug-likeness (QED) is 0.789. The van der Waals surface area contributed by atoms with Crippen molar-refractivity contribution in [1.82, 2.24) is 5.48 Å². The number of halogens is 3. The molecule has 0 aliphatic heterocycles. The number of rotatable bonds is 3. The van der Waals surface area contributed by atoms with Crippen LogP contribution in [0.25, 0.3) is 0 Å². The fourth-order valence-electron chi connectivity index (χ4n) is 1.23. The summed E-state index contributed by atoms with van der Waals surface area (Å²) in [6, 6.07) is 4.87. The maximum Gasteiger partial charge on any atom is 0.416 e. The lowest BCUT2D eigenvalue weighted by molar-refractivity contribution is -0.137. The van der Waals surface area contributed by atoms with Crippen LogP contribution in [0.3, 0.4) is 0 Å². The van der Waals surface area contributed by atoms with Crippen LogP contribution in [0.15, 0.2) is 24.3 Å².